The Kier molecular flexibility index (Phi) is 9.77. The Morgan fingerprint density at radius 1 is 0.857 bits per heavy atom. The van der Waals surface area contributed by atoms with Crippen LogP contribution in [-0.4, -0.2) is 25.9 Å². The summed E-state index contributed by atoms with van der Waals surface area (Å²) in [5, 5.41) is 3.04. The molecule has 4 aromatic rings. The van der Waals surface area contributed by atoms with Crippen molar-refractivity contribution >= 4 is 5.91 Å². The van der Waals surface area contributed by atoms with Crippen molar-refractivity contribution in [2.24, 2.45) is 0 Å². The van der Waals surface area contributed by atoms with E-state index in [1.165, 1.54) is 12.1 Å². The average molecular weight is 568 g/mol. The van der Waals surface area contributed by atoms with Crippen LogP contribution in [0.1, 0.15) is 33.9 Å². The van der Waals surface area contributed by atoms with E-state index in [1.807, 2.05) is 85.8 Å². The largest absolute Gasteiger partial charge is 0.497 e. The van der Waals surface area contributed by atoms with Gasteiger partial charge >= 0.3 is 0 Å². The summed E-state index contributed by atoms with van der Waals surface area (Å²) in [6.45, 7) is 3.00. The van der Waals surface area contributed by atoms with Gasteiger partial charge in [0, 0.05) is 12.1 Å². The maximum Gasteiger partial charge on any atom is 0.250 e. The molecule has 42 heavy (non-hydrogen) atoms. The Bertz CT molecular complexity index is 1490. The zero-order valence-electron chi connectivity index (χ0n) is 23.7. The van der Waals surface area contributed by atoms with E-state index in [9.17, 15) is 9.18 Å². The van der Waals surface area contributed by atoms with E-state index in [0.29, 0.717) is 23.3 Å². The van der Waals surface area contributed by atoms with Gasteiger partial charge in [-0.2, -0.15) is 0 Å². The number of ether oxygens (including phenoxy) is 4. The molecule has 0 radical (unpaired) electrons. The minimum absolute atomic E-state index is 0.122. The number of benzene rings is 4. The Labute approximate surface area is 245 Å². The van der Waals surface area contributed by atoms with Gasteiger partial charge in [0.25, 0.3) is 5.91 Å². The average Bonchev–Trinajstić information content (AvgIpc) is 3.47. The Hall–Kier alpha value is -4.30. The molecule has 4 aromatic carbocycles. The van der Waals surface area contributed by atoms with Crippen LogP contribution < -0.4 is 10.1 Å². The molecular formula is C35H34FNO5. The lowest BCUT2D eigenvalue weighted by Gasteiger charge is -2.22. The highest BCUT2D eigenvalue weighted by Crippen LogP contribution is 2.37. The first kappa shape index (κ1) is 29.2. The number of carbonyl (C=O) groups is 1. The Balaban J connectivity index is 1.45. The van der Waals surface area contributed by atoms with Gasteiger partial charge in [-0.25, -0.2) is 4.39 Å². The summed E-state index contributed by atoms with van der Waals surface area (Å²) in [4.78, 5) is 13.8. The van der Waals surface area contributed by atoms with Gasteiger partial charge in [-0.05, 0) is 53.4 Å². The van der Waals surface area contributed by atoms with Gasteiger partial charge in [0.15, 0.2) is 6.29 Å². The van der Waals surface area contributed by atoms with E-state index in [0.717, 1.165) is 28.0 Å². The van der Waals surface area contributed by atoms with Crippen LogP contribution in [-0.2, 0) is 38.8 Å². The molecular weight excluding hydrogens is 533 g/mol. The van der Waals surface area contributed by atoms with Crippen LogP contribution in [0.3, 0.4) is 0 Å². The molecule has 1 amide bonds. The second-order valence-corrected chi connectivity index (χ2v) is 10.1. The highest BCUT2D eigenvalue weighted by Gasteiger charge is 2.37. The van der Waals surface area contributed by atoms with Crippen LogP contribution in [0.15, 0.2) is 114 Å². The molecule has 0 spiro atoms. The number of methoxy groups -OCH3 is 1. The maximum absolute atomic E-state index is 13.8. The predicted octanol–water partition coefficient (Wildman–Crippen LogP) is 6.59. The molecule has 2 unspecified atom stereocenters. The van der Waals surface area contributed by atoms with Gasteiger partial charge < -0.3 is 24.3 Å². The predicted molar refractivity (Wildman–Crippen MR) is 158 cm³/mol. The fourth-order valence-electron chi connectivity index (χ4n) is 4.74. The van der Waals surface area contributed by atoms with E-state index in [4.69, 9.17) is 18.9 Å². The van der Waals surface area contributed by atoms with Crippen LogP contribution in [0, 0.1) is 12.7 Å². The molecule has 5 rings (SSSR count). The van der Waals surface area contributed by atoms with Crippen molar-refractivity contribution in [2.45, 2.75) is 39.1 Å². The van der Waals surface area contributed by atoms with Gasteiger partial charge in [0.2, 0.25) is 0 Å². The third kappa shape index (κ3) is 7.50. The molecule has 1 N–H and O–H groups in total. The van der Waals surface area contributed by atoms with Crippen molar-refractivity contribution in [1.82, 2.24) is 5.32 Å². The molecule has 1 aliphatic rings. The molecule has 0 aliphatic carbocycles. The molecule has 216 valence electrons. The topological polar surface area (TPSA) is 66.0 Å². The van der Waals surface area contributed by atoms with Gasteiger partial charge in [-0.15, -0.1) is 0 Å². The van der Waals surface area contributed by atoms with Gasteiger partial charge in [0.1, 0.15) is 17.7 Å². The number of aryl methyl sites for hydroxylation is 1. The molecule has 0 fully saturated rings. The monoisotopic (exact) mass is 567 g/mol. The summed E-state index contributed by atoms with van der Waals surface area (Å²) < 4.78 is 37.8. The molecule has 6 nitrogen and oxygen atoms in total. The third-order valence-corrected chi connectivity index (χ3v) is 7.09. The lowest BCUT2D eigenvalue weighted by Crippen LogP contribution is -2.29. The second kappa shape index (κ2) is 14.0. The van der Waals surface area contributed by atoms with E-state index < -0.39 is 12.4 Å². The first-order valence-corrected chi connectivity index (χ1v) is 13.8. The number of hydrogen-bond donors (Lipinski definition) is 1. The first-order valence-electron chi connectivity index (χ1n) is 13.8. The smallest absolute Gasteiger partial charge is 0.250 e. The van der Waals surface area contributed by atoms with Crippen molar-refractivity contribution in [3.63, 3.8) is 0 Å². The van der Waals surface area contributed by atoms with Crippen LogP contribution in [0.25, 0.3) is 0 Å². The SMILES string of the molecule is COc1ccc(COC(OCc2ccccc2)C2=C(C(=O)NCc3ccc(C)cc3)C(c3ccc(F)cc3)OC2)cc1. The molecule has 1 heterocycles. The number of carbonyl (C=O) groups excluding carboxylic acids is 1. The summed E-state index contributed by atoms with van der Waals surface area (Å²) in [5.41, 5.74) is 5.67. The summed E-state index contributed by atoms with van der Waals surface area (Å²) in [6, 6.07) is 31.3. The fraction of sp³-hybridized carbons (Fsp3) is 0.229. The van der Waals surface area contributed by atoms with Crippen LogP contribution in [0.5, 0.6) is 5.75 Å². The first-order chi connectivity index (χ1) is 20.5. The minimum atomic E-state index is -0.863. The zero-order valence-corrected chi connectivity index (χ0v) is 23.7. The van der Waals surface area contributed by atoms with Crippen LogP contribution in [0.2, 0.25) is 0 Å². The highest BCUT2D eigenvalue weighted by molar-refractivity contribution is 5.96. The number of amides is 1. The van der Waals surface area contributed by atoms with Crippen molar-refractivity contribution < 1.29 is 28.1 Å². The van der Waals surface area contributed by atoms with Gasteiger partial charge in [-0.1, -0.05) is 84.4 Å². The van der Waals surface area contributed by atoms with Crippen LogP contribution >= 0.6 is 0 Å². The molecule has 0 saturated carbocycles. The minimum Gasteiger partial charge on any atom is -0.497 e. The van der Waals surface area contributed by atoms with Crippen LogP contribution in [0.4, 0.5) is 4.39 Å². The van der Waals surface area contributed by atoms with Crippen molar-refractivity contribution in [3.8, 4) is 5.75 Å². The van der Waals surface area contributed by atoms with E-state index in [1.54, 1.807) is 19.2 Å². The molecule has 0 saturated heterocycles. The van der Waals surface area contributed by atoms with E-state index in [2.05, 4.69) is 5.32 Å². The lowest BCUT2D eigenvalue weighted by molar-refractivity contribution is -0.136. The number of halogens is 1. The molecule has 7 heteroatoms. The fourth-order valence-corrected chi connectivity index (χ4v) is 4.74. The zero-order chi connectivity index (χ0) is 29.3. The highest BCUT2D eigenvalue weighted by atomic mass is 19.1. The van der Waals surface area contributed by atoms with E-state index in [-0.39, 0.29) is 31.5 Å². The Morgan fingerprint density at radius 3 is 2.12 bits per heavy atom. The normalized spacial score (nSPS) is 15.5. The maximum atomic E-state index is 13.8. The van der Waals surface area contributed by atoms with Crippen molar-refractivity contribution in [1.29, 1.82) is 0 Å². The summed E-state index contributed by atoms with van der Waals surface area (Å²) in [6.07, 6.45) is -1.57. The molecule has 0 aromatic heterocycles. The summed E-state index contributed by atoms with van der Waals surface area (Å²) in [7, 11) is 1.62. The standard InChI is InChI=1S/C35H34FNO5/c1-24-8-10-25(11-9-24)20-37-34(38)32-31(23-40-33(32)28-14-16-29(36)17-15-28)35(41-21-26-6-4-3-5-7-26)42-22-27-12-18-30(39-2)19-13-27/h3-19,33,35H,20-23H2,1-2H3,(H,37,38). The second-order valence-electron chi connectivity index (χ2n) is 10.1. The molecule has 0 bridgehead atoms. The molecule has 2 atom stereocenters. The molecule has 1 aliphatic heterocycles. The Morgan fingerprint density at radius 2 is 1.48 bits per heavy atom. The summed E-state index contributed by atoms with van der Waals surface area (Å²) >= 11 is 0. The van der Waals surface area contributed by atoms with E-state index >= 15 is 0 Å². The number of nitrogens with one attached hydrogen (secondary N) is 1. The summed E-state index contributed by atoms with van der Waals surface area (Å²) in [5.74, 6) is 0.0918. The lowest BCUT2D eigenvalue weighted by atomic mass is 9.98. The number of rotatable bonds is 12. The van der Waals surface area contributed by atoms with Crippen molar-refractivity contribution in [2.75, 3.05) is 13.7 Å². The van der Waals surface area contributed by atoms with Gasteiger partial charge in [0.05, 0.1) is 32.5 Å². The van der Waals surface area contributed by atoms with Crippen molar-refractivity contribution in [3.05, 3.63) is 148 Å². The van der Waals surface area contributed by atoms with Gasteiger partial charge in [-0.3, -0.25) is 4.79 Å². The third-order valence-electron chi connectivity index (χ3n) is 7.09. The quantitative estimate of drug-likeness (QED) is 0.196. The number of hydrogen-bond acceptors (Lipinski definition) is 5.